The van der Waals surface area contributed by atoms with E-state index < -0.39 is 0 Å². The Labute approximate surface area is 99.2 Å². The summed E-state index contributed by atoms with van der Waals surface area (Å²) in [4.78, 5) is 15.1. The topological polar surface area (TPSA) is 63.2 Å². The van der Waals surface area contributed by atoms with Gasteiger partial charge in [-0.3, -0.25) is 0 Å². The van der Waals surface area contributed by atoms with Gasteiger partial charge < -0.3 is 15.4 Å². The van der Waals surface area contributed by atoms with Gasteiger partial charge in [0.2, 0.25) is 0 Å². The van der Waals surface area contributed by atoms with Gasteiger partial charge in [-0.05, 0) is 13.8 Å². The van der Waals surface area contributed by atoms with Gasteiger partial charge in [0.1, 0.15) is 5.01 Å². The molecule has 2 N–H and O–H groups in total. The van der Waals surface area contributed by atoms with Crippen LogP contribution in [0.5, 0.6) is 0 Å². The van der Waals surface area contributed by atoms with Crippen molar-refractivity contribution in [3.8, 4) is 0 Å². The Kier molecular flexibility index (Phi) is 5.81. The number of thiazole rings is 1. The second kappa shape index (κ2) is 7.19. The van der Waals surface area contributed by atoms with Crippen molar-refractivity contribution < 1.29 is 9.53 Å². The maximum absolute atomic E-state index is 10.9. The van der Waals surface area contributed by atoms with Crippen LogP contribution in [0, 0.1) is 0 Å². The minimum atomic E-state index is -0.369. The third-order valence-corrected chi connectivity index (χ3v) is 2.90. The number of ether oxygens (including phenoxy) is 1. The van der Waals surface area contributed by atoms with E-state index in [9.17, 15) is 4.79 Å². The van der Waals surface area contributed by atoms with Gasteiger partial charge in [0.15, 0.2) is 0 Å². The van der Waals surface area contributed by atoms with Crippen LogP contribution in [0.4, 0.5) is 4.79 Å². The lowest BCUT2D eigenvalue weighted by molar-refractivity contribution is 0.152. The normalized spacial score (nSPS) is 12.1. The number of nitrogens with zero attached hydrogens (tertiary/aromatic N) is 1. The van der Waals surface area contributed by atoms with E-state index in [0.29, 0.717) is 19.7 Å². The van der Waals surface area contributed by atoms with Crippen LogP contribution in [0.3, 0.4) is 0 Å². The van der Waals surface area contributed by atoms with Crippen LogP contribution in [0.15, 0.2) is 11.6 Å². The van der Waals surface area contributed by atoms with Crippen LogP contribution < -0.4 is 10.6 Å². The van der Waals surface area contributed by atoms with E-state index in [2.05, 4.69) is 15.6 Å². The number of carbonyl (C=O) groups excluding carboxylic acids is 1. The van der Waals surface area contributed by atoms with E-state index in [-0.39, 0.29) is 12.1 Å². The molecule has 1 unspecified atom stereocenters. The van der Waals surface area contributed by atoms with Gasteiger partial charge in [0.05, 0.1) is 12.6 Å². The van der Waals surface area contributed by atoms with Crippen molar-refractivity contribution in [1.29, 1.82) is 0 Å². The molecule has 0 saturated carbocycles. The lowest BCUT2D eigenvalue weighted by atomic mass is 10.3. The molecule has 1 atom stereocenters. The monoisotopic (exact) mass is 243 g/mol. The molecule has 0 aliphatic rings. The van der Waals surface area contributed by atoms with Gasteiger partial charge in [-0.2, -0.15) is 0 Å². The maximum Gasteiger partial charge on any atom is 0.407 e. The number of hydrogen-bond acceptors (Lipinski definition) is 5. The Morgan fingerprint density at radius 2 is 2.44 bits per heavy atom. The minimum absolute atomic E-state index is 0.212. The Morgan fingerprint density at radius 3 is 3.06 bits per heavy atom. The summed E-state index contributed by atoms with van der Waals surface area (Å²) in [7, 11) is 0. The molecule has 1 aromatic heterocycles. The average molecular weight is 243 g/mol. The molecule has 0 aromatic carbocycles. The largest absolute Gasteiger partial charge is 0.450 e. The predicted molar refractivity (Wildman–Crippen MR) is 63.6 cm³/mol. The molecule has 1 heterocycles. The SMILES string of the molecule is CCOC(=O)NCCNC(C)c1nccs1. The van der Waals surface area contributed by atoms with Crippen molar-refractivity contribution in [3.05, 3.63) is 16.6 Å². The molecular weight excluding hydrogens is 226 g/mol. The van der Waals surface area contributed by atoms with Crippen LogP contribution in [0.25, 0.3) is 0 Å². The second-order valence-corrected chi connectivity index (χ2v) is 4.12. The second-order valence-electron chi connectivity index (χ2n) is 3.19. The van der Waals surface area contributed by atoms with Crippen LogP contribution >= 0.6 is 11.3 Å². The molecule has 0 aliphatic heterocycles. The summed E-state index contributed by atoms with van der Waals surface area (Å²) < 4.78 is 4.73. The first-order valence-electron chi connectivity index (χ1n) is 5.27. The van der Waals surface area contributed by atoms with Crippen LogP contribution in [-0.2, 0) is 4.74 Å². The van der Waals surface area contributed by atoms with Gasteiger partial charge in [-0.1, -0.05) is 0 Å². The number of aromatic nitrogens is 1. The van der Waals surface area contributed by atoms with E-state index in [0.717, 1.165) is 5.01 Å². The number of alkyl carbamates (subject to hydrolysis) is 1. The first-order valence-corrected chi connectivity index (χ1v) is 6.15. The molecule has 0 aliphatic carbocycles. The molecule has 16 heavy (non-hydrogen) atoms. The standard InChI is InChI=1S/C10H17N3O2S/c1-3-15-10(14)13-5-4-11-8(2)9-12-6-7-16-9/h6-8,11H,3-5H2,1-2H3,(H,13,14). The number of rotatable bonds is 6. The molecule has 5 nitrogen and oxygen atoms in total. The Morgan fingerprint density at radius 1 is 1.62 bits per heavy atom. The quantitative estimate of drug-likeness (QED) is 0.744. The fraction of sp³-hybridized carbons (Fsp3) is 0.600. The van der Waals surface area contributed by atoms with E-state index >= 15 is 0 Å². The number of amides is 1. The van der Waals surface area contributed by atoms with Crippen molar-refractivity contribution >= 4 is 17.4 Å². The molecule has 0 fully saturated rings. The number of nitrogens with one attached hydrogen (secondary N) is 2. The Hall–Kier alpha value is -1.14. The molecule has 0 bridgehead atoms. The van der Waals surface area contributed by atoms with Gasteiger partial charge in [-0.15, -0.1) is 11.3 Å². The molecule has 0 spiro atoms. The van der Waals surface area contributed by atoms with E-state index in [1.165, 1.54) is 0 Å². The van der Waals surface area contributed by atoms with Crippen molar-refractivity contribution in [2.45, 2.75) is 19.9 Å². The summed E-state index contributed by atoms with van der Waals surface area (Å²) in [5.74, 6) is 0. The van der Waals surface area contributed by atoms with Gasteiger partial charge in [0.25, 0.3) is 0 Å². The fourth-order valence-corrected chi connectivity index (χ4v) is 1.84. The van der Waals surface area contributed by atoms with Gasteiger partial charge in [0, 0.05) is 24.7 Å². The summed E-state index contributed by atoms with van der Waals surface area (Å²) in [6.45, 7) is 5.47. The third-order valence-electron chi connectivity index (χ3n) is 1.94. The van der Waals surface area contributed by atoms with E-state index in [1.54, 1.807) is 24.5 Å². The maximum atomic E-state index is 10.9. The third kappa shape index (κ3) is 4.59. The van der Waals surface area contributed by atoms with Crippen LogP contribution in [0.2, 0.25) is 0 Å². The molecule has 1 amide bonds. The van der Waals surface area contributed by atoms with Crippen LogP contribution in [0.1, 0.15) is 24.9 Å². The fourth-order valence-electron chi connectivity index (χ4n) is 1.17. The predicted octanol–water partition coefficient (Wildman–Crippen LogP) is 1.54. The first-order chi connectivity index (χ1) is 7.74. The molecule has 1 aromatic rings. The van der Waals surface area contributed by atoms with Crippen molar-refractivity contribution in [2.24, 2.45) is 0 Å². The zero-order valence-corrected chi connectivity index (χ0v) is 10.3. The van der Waals surface area contributed by atoms with Crippen molar-refractivity contribution in [1.82, 2.24) is 15.6 Å². The summed E-state index contributed by atoms with van der Waals surface area (Å²) in [5.41, 5.74) is 0. The smallest absolute Gasteiger partial charge is 0.407 e. The highest BCUT2D eigenvalue weighted by molar-refractivity contribution is 7.09. The van der Waals surface area contributed by atoms with E-state index in [1.807, 2.05) is 12.3 Å². The lowest BCUT2D eigenvalue weighted by Crippen LogP contribution is -2.33. The summed E-state index contributed by atoms with van der Waals surface area (Å²) in [5, 5.41) is 8.90. The Bertz CT molecular complexity index is 303. The molecule has 1 rings (SSSR count). The van der Waals surface area contributed by atoms with Crippen LogP contribution in [-0.4, -0.2) is 30.8 Å². The molecular formula is C10H17N3O2S. The highest BCUT2D eigenvalue weighted by atomic mass is 32.1. The summed E-state index contributed by atoms with van der Waals surface area (Å²) >= 11 is 1.62. The molecule has 0 radical (unpaired) electrons. The highest BCUT2D eigenvalue weighted by Gasteiger charge is 2.06. The van der Waals surface area contributed by atoms with E-state index in [4.69, 9.17) is 4.74 Å². The van der Waals surface area contributed by atoms with Crippen molar-refractivity contribution in [2.75, 3.05) is 19.7 Å². The molecule has 90 valence electrons. The summed E-state index contributed by atoms with van der Waals surface area (Å²) in [6, 6.07) is 0.212. The van der Waals surface area contributed by atoms with Gasteiger partial charge >= 0.3 is 6.09 Å². The number of carbonyl (C=O) groups is 1. The average Bonchev–Trinajstić information content (AvgIpc) is 2.78. The summed E-state index contributed by atoms with van der Waals surface area (Å²) in [6.07, 6.45) is 1.42. The first kappa shape index (κ1) is 12.9. The Balaban J connectivity index is 2.09. The van der Waals surface area contributed by atoms with Crippen molar-refractivity contribution in [3.63, 3.8) is 0 Å². The zero-order chi connectivity index (χ0) is 11.8. The number of hydrogen-bond donors (Lipinski definition) is 2. The minimum Gasteiger partial charge on any atom is -0.450 e. The highest BCUT2D eigenvalue weighted by Crippen LogP contribution is 2.13. The van der Waals surface area contributed by atoms with Gasteiger partial charge in [-0.25, -0.2) is 9.78 Å². The zero-order valence-electron chi connectivity index (χ0n) is 9.53. The lowest BCUT2D eigenvalue weighted by Gasteiger charge is -2.11. The molecule has 6 heteroatoms. The molecule has 0 saturated heterocycles.